The van der Waals surface area contributed by atoms with E-state index in [9.17, 15) is 4.79 Å². The van der Waals surface area contributed by atoms with Gasteiger partial charge in [-0.1, -0.05) is 12.5 Å². The molecule has 122 valence electrons. The van der Waals surface area contributed by atoms with Crippen molar-refractivity contribution in [2.45, 2.75) is 33.1 Å². The molecular weight excluding hydrogens is 300 g/mol. The van der Waals surface area contributed by atoms with Gasteiger partial charge < -0.3 is 9.73 Å². The number of anilines is 1. The first-order valence-corrected chi connectivity index (χ1v) is 8.39. The van der Waals surface area contributed by atoms with Gasteiger partial charge >= 0.3 is 0 Å². The first kappa shape index (κ1) is 14.9. The minimum atomic E-state index is 0.134. The van der Waals surface area contributed by atoms with E-state index in [1.54, 1.807) is 0 Å². The number of aromatic nitrogens is 1. The molecule has 0 bridgehead atoms. The largest absolute Gasteiger partial charge is 0.436 e. The summed E-state index contributed by atoms with van der Waals surface area (Å²) in [4.78, 5) is 16.7. The molecular formula is C20H20N2O2. The van der Waals surface area contributed by atoms with E-state index < -0.39 is 0 Å². The van der Waals surface area contributed by atoms with Crippen LogP contribution in [0.3, 0.4) is 0 Å². The van der Waals surface area contributed by atoms with Gasteiger partial charge in [-0.3, -0.25) is 4.79 Å². The summed E-state index contributed by atoms with van der Waals surface area (Å²) >= 11 is 0. The Morgan fingerprint density at radius 1 is 1.17 bits per heavy atom. The maximum absolute atomic E-state index is 12.1. The van der Waals surface area contributed by atoms with Crippen LogP contribution in [0.1, 0.15) is 30.4 Å². The Balaban J connectivity index is 1.61. The third-order valence-electron chi connectivity index (χ3n) is 4.75. The van der Waals surface area contributed by atoms with E-state index in [-0.39, 0.29) is 11.8 Å². The molecule has 0 spiro atoms. The number of nitrogens with one attached hydrogen (secondary N) is 1. The van der Waals surface area contributed by atoms with Crippen LogP contribution < -0.4 is 5.32 Å². The number of amides is 1. The molecule has 1 amide bonds. The van der Waals surface area contributed by atoms with E-state index in [4.69, 9.17) is 4.42 Å². The van der Waals surface area contributed by atoms with Crippen molar-refractivity contribution in [1.29, 1.82) is 0 Å². The van der Waals surface area contributed by atoms with Crippen molar-refractivity contribution in [1.82, 2.24) is 4.98 Å². The molecule has 1 N–H and O–H groups in total. The molecule has 3 aromatic rings. The number of oxazole rings is 1. The molecule has 0 aliphatic heterocycles. The summed E-state index contributed by atoms with van der Waals surface area (Å²) in [6, 6.07) is 11.9. The second-order valence-corrected chi connectivity index (χ2v) is 6.64. The lowest BCUT2D eigenvalue weighted by Crippen LogP contribution is -2.28. The number of rotatable bonds is 3. The summed E-state index contributed by atoms with van der Waals surface area (Å²) in [6.45, 7) is 4.03. The molecule has 4 heteroatoms. The first-order valence-electron chi connectivity index (χ1n) is 8.39. The second kappa shape index (κ2) is 5.78. The summed E-state index contributed by atoms with van der Waals surface area (Å²) in [6.07, 6.45) is 3.17. The van der Waals surface area contributed by atoms with Crippen molar-refractivity contribution in [3.8, 4) is 11.5 Å². The lowest BCUT2D eigenvalue weighted by atomic mass is 9.85. The number of carbonyl (C=O) groups is 1. The van der Waals surface area contributed by atoms with Crippen LogP contribution in [-0.4, -0.2) is 10.9 Å². The van der Waals surface area contributed by atoms with Gasteiger partial charge in [-0.2, -0.15) is 0 Å². The number of aryl methyl sites for hydroxylation is 2. The third-order valence-corrected chi connectivity index (χ3v) is 4.75. The van der Waals surface area contributed by atoms with Gasteiger partial charge in [0.05, 0.1) is 0 Å². The predicted octanol–water partition coefficient (Wildman–Crippen LogP) is 4.85. The fourth-order valence-electron chi connectivity index (χ4n) is 3.00. The van der Waals surface area contributed by atoms with Gasteiger partial charge in [0.15, 0.2) is 5.58 Å². The zero-order valence-electron chi connectivity index (χ0n) is 13.9. The summed E-state index contributed by atoms with van der Waals surface area (Å²) < 4.78 is 5.85. The van der Waals surface area contributed by atoms with Gasteiger partial charge in [0.25, 0.3) is 0 Å². The van der Waals surface area contributed by atoms with Crippen LogP contribution in [0.2, 0.25) is 0 Å². The fourth-order valence-corrected chi connectivity index (χ4v) is 3.00. The maximum Gasteiger partial charge on any atom is 0.227 e. The molecule has 1 fully saturated rings. The Labute approximate surface area is 140 Å². The molecule has 1 aliphatic carbocycles. The lowest BCUT2D eigenvalue weighted by molar-refractivity contribution is -0.122. The van der Waals surface area contributed by atoms with Crippen LogP contribution >= 0.6 is 0 Å². The Morgan fingerprint density at radius 3 is 2.71 bits per heavy atom. The molecule has 2 aromatic carbocycles. The third kappa shape index (κ3) is 2.68. The quantitative estimate of drug-likeness (QED) is 0.750. The van der Waals surface area contributed by atoms with Gasteiger partial charge in [0.2, 0.25) is 11.8 Å². The minimum absolute atomic E-state index is 0.134. The van der Waals surface area contributed by atoms with Crippen molar-refractivity contribution in [2.24, 2.45) is 5.92 Å². The number of hydrogen-bond donors (Lipinski definition) is 1. The molecule has 0 unspecified atom stereocenters. The van der Waals surface area contributed by atoms with Crippen molar-refractivity contribution in [2.75, 3.05) is 5.32 Å². The van der Waals surface area contributed by atoms with Gasteiger partial charge in [0, 0.05) is 17.2 Å². The van der Waals surface area contributed by atoms with Crippen molar-refractivity contribution in [3.05, 3.63) is 47.5 Å². The highest BCUT2D eigenvalue weighted by Gasteiger charge is 2.25. The molecule has 1 aliphatic rings. The highest BCUT2D eigenvalue weighted by Crippen LogP contribution is 2.30. The predicted molar refractivity (Wildman–Crippen MR) is 94.9 cm³/mol. The molecule has 1 saturated carbocycles. The van der Waals surface area contributed by atoms with Crippen LogP contribution in [0.5, 0.6) is 0 Å². The van der Waals surface area contributed by atoms with Gasteiger partial charge in [0.1, 0.15) is 5.52 Å². The standard InChI is InChI=1S/C20H20N2O2/c1-12-6-9-18-17(10-12)22-20(24-18)15-7-8-16(13(2)11-15)21-19(23)14-4-3-5-14/h6-11,14H,3-5H2,1-2H3,(H,21,23). The molecule has 0 saturated heterocycles. The summed E-state index contributed by atoms with van der Waals surface area (Å²) in [5, 5.41) is 3.03. The summed E-state index contributed by atoms with van der Waals surface area (Å²) in [5.74, 6) is 0.925. The number of hydrogen-bond acceptors (Lipinski definition) is 3. The topological polar surface area (TPSA) is 55.1 Å². The molecule has 1 heterocycles. The zero-order chi connectivity index (χ0) is 16.7. The number of nitrogens with zero attached hydrogens (tertiary/aromatic N) is 1. The van der Waals surface area contributed by atoms with Crippen LogP contribution in [0.25, 0.3) is 22.6 Å². The Kier molecular flexibility index (Phi) is 3.60. The molecule has 1 aromatic heterocycles. The highest BCUT2D eigenvalue weighted by molar-refractivity contribution is 5.94. The van der Waals surface area contributed by atoms with Crippen LogP contribution in [-0.2, 0) is 4.79 Å². The van der Waals surface area contributed by atoms with Gasteiger partial charge in [-0.05, 0) is 68.1 Å². The van der Waals surface area contributed by atoms with Crippen molar-refractivity contribution in [3.63, 3.8) is 0 Å². The Hall–Kier alpha value is -2.62. The maximum atomic E-state index is 12.1. The molecule has 0 atom stereocenters. The van der Waals surface area contributed by atoms with Crippen LogP contribution in [0.4, 0.5) is 5.69 Å². The minimum Gasteiger partial charge on any atom is -0.436 e. The molecule has 24 heavy (non-hydrogen) atoms. The molecule has 0 radical (unpaired) electrons. The zero-order valence-corrected chi connectivity index (χ0v) is 13.9. The SMILES string of the molecule is Cc1ccc2oc(-c3ccc(NC(=O)C4CCC4)c(C)c3)nc2c1. The average molecular weight is 320 g/mol. The first-order chi connectivity index (χ1) is 11.6. The van der Waals surface area contributed by atoms with E-state index >= 15 is 0 Å². The average Bonchev–Trinajstić information content (AvgIpc) is 2.90. The van der Waals surface area contributed by atoms with E-state index in [2.05, 4.69) is 10.3 Å². The van der Waals surface area contributed by atoms with Crippen molar-refractivity contribution >= 4 is 22.7 Å². The normalized spacial score (nSPS) is 14.6. The van der Waals surface area contributed by atoms with Crippen LogP contribution in [0.15, 0.2) is 40.8 Å². The van der Waals surface area contributed by atoms with E-state index in [0.29, 0.717) is 5.89 Å². The Bertz CT molecular complexity index is 923. The molecule has 4 nitrogen and oxygen atoms in total. The van der Waals surface area contributed by atoms with Gasteiger partial charge in [-0.15, -0.1) is 0 Å². The van der Waals surface area contributed by atoms with Crippen LogP contribution in [0, 0.1) is 19.8 Å². The van der Waals surface area contributed by atoms with Gasteiger partial charge in [-0.25, -0.2) is 4.98 Å². The highest BCUT2D eigenvalue weighted by atomic mass is 16.3. The smallest absolute Gasteiger partial charge is 0.227 e. The Morgan fingerprint density at radius 2 is 2.00 bits per heavy atom. The van der Waals surface area contributed by atoms with E-state index in [1.807, 2.05) is 50.2 Å². The summed E-state index contributed by atoms with van der Waals surface area (Å²) in [5.41, 5.74) is 5.61. The fraction of sp³-hybridized carbons (Fsp3) is 0.300. The lowest BCUT2D eigenvalue weighted by Gasteiger charge is -2.24. The second-order valence-electron chi connectivity index (χ2n) is 6.64. The number of carbonyl (C=O) groups excluding carboxylic acids is 1. The van der Waals surface area contributed by atoms with E-state index in [0.717, 1.165) is 52.7 Å². The summed E-state index contributed by atoms with van der Waals surface area (Å²) in [7, 11) is 0. The molecule has 4 rings (SSSR count). The number of benzene rings is 2. The monoisotopic (exact) mass is 320 g/mol. The van der Waals surface area contributed by atoms with Crippen molar-refractivity contribution < 1.29 is 9.21 Å². The van der Waals surface area contributed by atoms with E-state index in [1.165, 1.54) is 0 Å². The number of fused-ring (bicyclic) bond motifs is 1.